The Morgan fingerprint density at radius 1 is 0.911 bits per heavy atom. The van der Waals surface area contributed by atoms with Gasteiger partial charge in [-0.15, -0.1) is 0 Å². The summed E-state index contributed by atoms with van der Waals surface area (Å²) in [5, 5.41) is 4.16. The van der Waals surface area contributed by atoms with E-state index in [2.05, 4.69) is 20.0 Å². The first kappa shape index (κ1) is 30.4. The molecule has 1 aromatic heterocycles. The molecule has 0 aliphatic carbocycles. The van der Waals surface area contributed by atoms with Crippen molar-refractivity contribution in [3.05, 3.63) is 88.7 Å². The van der Waals surface area contributed by atoms with Gasteiger partial charge in [-0.05, 0) is 48.4 Å². The Kier molecular flexibility index (Phi) is 8.16. The Labute approximate surface area is 264 Å². The number of aromatic nitrogens is 2. The monoisotopic (exact) mass is 646 g/mol. The van der Waals surface area contributed by atoms with Gasteiger partial charge in [-0.2, -0.15) is 0 Å². The third-order valence-electron chi connectivity index (χ3n) is 8.26. The molecule has 3 heterocycles. The number of carbonyl (C=O) groups excluding carboxylic acids is 2. The van der Waals surface area contributed by atoms with Crippen molar-refractivity contribution < 1.29 is 18.0 Å². The number of amidine groups is 1. The van der Waals surface area contributed by atoms with Crippen LogP contribution in [0.3, 0.4) is 0 Å². The third-order valence-corrected chi connectivity index (χ3v) is 10.0. The van der Waals surface area contributed by atoms with Gasteiger partial charge in [0, 0.05) is 37.0 Å². The number of likely N-dealkylation sites (tertiary alicyclic amines) is 1. The molecule has 14 heteroatoms. The summed E-state index contributed by atoms with van der Waals surface area (Å²) in [5.74, 6) is -0.307. The quantitative estimate of drug-likeness (QED) is 0.245. The smallest absolute Gasteiger partial charge is 0.279 e. The second kappa shape index (κ2) is 12.1. The van der Waals surface area contributed by atoms with Crippen molar-refractivity contribution in [1.82, 2.24) is 24.9 Å². The summed E-state index contributed by atoms with van der Waals surface area (Å²) in [7, 11) is -3.75. The maximum atomic E-state index is 13.3. The Balaban J connectivity index is 1.04. The molecule has 1 spiro atoms. The summed E-state index contributed by atoms with van der Waals surface area (Å²) in [6.07, 6.45) is 2.63. The molecule has 0 radical (unpaired) electrons. The summed E-state index contributed by atoms with van der Waals surface area (Å²) in [5.41, 5.74) is 12.2. The van der Waals surface area contributed by atoms with Crippen LogP contribution in [0, 0.1) is 0 Å². The maximum Gasteiger partial charge on any atom is 0.279 e. The second-order valence-electron chi connectivity index (χ2n) is 11.2. The number of amides is 2. The van der Waals surface area contributed by atoms with Gasteiger partial charge in [0.25, 0.3) is 11.8 Å². The van der Waals surface area contributed by atoms with Crippen molar-refractivity contribution in [3.63, 3.8) is 0 Å². The van der Waals surface area contributed by atoms with Crippen LogP contribution in [0.25, 0.3) is 10.8 Å². The standard InChI is InChI=1S/C31H31ClN8O4S/c32-26-28(34)38-27(33)25(37-26)29(41)36-24-12-13-31(39-24)14-16-40(17-15-31)30(42)21-10-8-19(9-11-21)18-35-45(43,44)23-7-3-5-20-4-1-2-6-22(20)23/h1-11,35H,12-18H2,(H4,33,34,38)(H,36,39,41). The van der Waals surface area contributed by atoms with Gasteiger partial charge in [0.1, 0.15) is 5.84 Å². The highest BCUT2D eigenvalue weighted by molar-refractivity contribution is 7.89. The molecule has 2 amide bonds. The number of hydrogen-bond donors (Lipinski definition) is 4. The zero-order chi connectivity index (χ0) is 31.8. The highest BCUT2D eigenvalue weighted by atomic mass is 35.5. The normalized spacial score (nSPS) is 16.1. The van der Waals surface area contributed by atoms with Crippen LogP contribution >= 0.6 is 11.6 Å². The van der Waals surface area contributed by atoms with Crippen LogP contribution in [0.2, 0.25) is 5.15 Å². The van der Waals surface area contributed by atoms with Crippen molar-refractivity contribution >= 4 is 61.7 Å². The van der Waals surface area contributed by atoms with E-state index in [1.807, 2.05) is 24.3 Å². The minimum absolute atomic E-state index is 0.0552. The number of piperidine rings is 1. The van der Waals surface area contributed by atoms with Crippen LogP contribution in [0.1, 0.15) is 52.1 Å². The number of aliphatic imine (C=N–C) groups is 1. The Morgan fingerprint density at radius 3 is 2.38 bits per heavy atom. The number of carbonyl (C=O) groups is 2. The first-order valence-corrected chi connectivity index (χ1v) is 16.2. The first-order valence-electron chi connectivity index (χ1n) is 14.4. The topological polar surface area (TPSA) is 186 Å². The summed E-state index contributed by atoms with van der Waals surface area (Å²) in [4.78, 5) is 40.6. The van der Waals surface area contributed by atoms with Gasteiger partial charge in [0.15, 0.2) is 22.5 Å². The fourth-order valence-corrected chi connectivity index (χ4v) is 7.13. The Hall–Kier alpha value is -4.59. The predicted molar refractivity (Wildman–Crippen MR) is 172 cm³/mol. The number of nitrogens with one attached hydrogen (secondary N) is 2. The molecule has 12 nitrogen and oxygen atoms in total. The molecule has 0 atom stereocenters. The molecule has 2 aliphatic heterocycles. The minimum atomic E-state index is -3.75. The fourth-order valence-electron chi connectivity index (χ4n) is 5.76. The van der Waals surface area contributed by atoms with Crippen molar-refractivity contribution in [1.29, 1.82) is 0 Å². The Bertz CT molecular complexity index is 1940. The molecule has 0 saturated carbocycles. The molecule has 1 fully saturated rings. The van der Waals surface area contributed by atoms with Crippen LogP contribution in [0.5, 0.6) is 0 Å². The lowest BCUT2D eigenvalue weighted by molar-refractivity contribution is 0.0673. The zero-order valence-corrected chi connectivity index (χ0v) is 25.7. The molecule has 2 aliphatic rings. The molecule has 6 N–H and O–H groups in total. The van der Waals surface area contributed by atoms with Gasteiger partial charge in [-0.1, -0.05) is 60.1 Å². The highest BCUT2D eigenvalue weighted by Crippen LogP contribution is 2.36. The Morgan fingerprint density at radius 2 is 1.62 bits per heavy atom. The summed E-state index contributed by atoms with van der Waals surface area (Å²) >= 11 is 5.90. The molecule has 4 aromatic rings. The van der Waals surface area contributed by atoms with E-state index >= 15 is 0 Å². The number of hydrogen-bond acceptors (Lipinski definition) is 9. The molecule has 232 valence electrons. The van der Waals surface area contributed by atoms with Crippen molar-refractivity contribution in [2.75, 3.05) is 24.6 Å². The van der Waals surface area contributed by atoms with Gasteiger partial charge >= 0.3 is 0 Å². The van der Waals surface area contributed by atoms with Gasteiger partial charge in [0.2, 0.25) is 10.0 Å². The molecule has 6 rings (SSSR count). The molecular formula is C31H31ClN8O4S. The number of halogens is 1. The SMILES string of the molecule is Nc1nc(N)c(C(=O)NC2=NC3(CC2)CCN(C(=O)c2ccc(CNS(=O)(=O)c4cccc5ccccc45)cc2)CC3)nc1Cl. The number of anilines is 2. The number of nitrogens with two attached hydrogens (primary N) is 2. The van der Waals surface area contributed by atoms with Gasteiger partial charge in [0.05, 0.1) is 10.4 Å². The average molecular weight is 647 g/mol. The van der Waals surface area contributed by atoms with E-state index in [9.17, 15) is 18.0 Å². The van der Waals surface area contributed by atoms with Crippen LogP contribution in [-0.4, -0.2) is 59.6 Å². The van der Waals surface area contributed by atoms with E-state index in [4.69, 9.17) is 28.1 Å². The number of fused-ring (bicyclic) bond motifs is 1. The summed E-state index contributed by atoms with van der Waals surface area (Å²) in [6, 6.07) is 19.5. The fraction of sp³-hybridized carbons (Fsp3) is 0.258. The number of nitrogens with zero attached hydrogens (tertiary/aromatic N) is 4. The predicted octanol–water partition coefficient (Wildman–Crippen LogP) is 3.52. The van der Waals surface area contributed by atoms with Crippen molar-refractivity contribution in [2.24, 2.45) is 4.99 Å². The van der Waals surface area contributed by atoms with Crippen LogP contribution in [-0.2, 0) is 16.6 Å². The molecule has 0 bridgehead atoms. The molecular weight excluding hydrogens is 616 g/mol. The number of sulfonamides is 1. The van der Waals surface area contributed by atoms with Gasteiger partial charge in [-0.3, -0.25) is 14.6 Å². The largest absolute Gasteiger partial charge is 0.382 e. The lowest BCUT2D eigenvalue weighted by atomic mass is 9.86. The number of nitrogen functional groups attached to an aromatic ring is 2. The molecule has 1 saturated heterocycles. The van der Waals surface area contributed by atoms with Gasteiger partial charge < -0.3 is 21.7 Å². The van der Waals surface area contributed by atoms with E-state index in [-0.39, 0.29) is 45.4 Å². The molecule has 45 heavy (non-hydrogen) atoms. The zero-order valence-electron chi connectivity index (χ0n) is 24.2. The number of benzene rings is 3. The molecule has 3 aromatic carbocycles. The lowest BCUT2D eigenvalue weighted by Crippen LogP contribution is -2.45. The average Bonchev–Trinajstić information content (AvgIpc) is 3.43. The van der Waals surface area contributed by atoms with Crippen LogP contribution < -0.4 is 21.5 Å². The summed E-state index contributed by atoms with van der Waals surface area (Å²) < 4.78 is 28.8. The van der Waals surface area contributed by atoms with E-state index in [1.54, 1.807) is 47.4 Å². The van der Waals surface area contributed by atoms with E-state index in [0.29, 0.717) is 49.1 Å². The van der Waals surface area contributed by atoms with E-state index in [0.717, 1.165) is 17.4 Å². The highest BCUT2D eigenvalue weighted by Gasteiger charge is 2.40. The first-order chi connectivity index (χ1) is 21.5. The lowest BCUT2D eigenvalue weighted by Gasteiger charge is -2.37. The summed E-state index contributed by atoms with van der Waals surface area (Å²) in [6.45, 7) is 1.12. The maximum absolute atomic E-state index is 13.3. The van der Waals surface area contributed by atoms with E-state index < -0.39 is 15.9 Å². The van der Waals surface area contributed by atoms with Crippen LogP contribution in [0.4, 0.5) is 11.6 Å². The number of rotatable bonds is 6. The van der Waals surface area contributed by atoms with Crippen molar-refractivity contribution in [3.8, 4) is 0 Å². The van der Waals surface area contributed by atoms with Crippen LogP contribution in [0.15, 0.2) is 76.6 Å². The van der Waals surface area contributed by atoms with E-state index in [1.165, 1.54) is 0 Å². The van der Waals surface area contributed by atoms with Crippen molar-refractivity contribution in [2.45, 2.75) is 42.7 Å². The molecule has 0 unspecified atom stereocenters. The second-order valence-corrected chi connectivity index (χ2v) is 13.3. The van der Waals surface area contributed by atoms with Gasteiger partial charge in [-0.25, -0.2) is 23.1 Å². The third kappa shape index (κ3) is 6.32. The minimum Gasteiger partial charge on any atom is -0.382 e.